The first-order chi connectivity index (χ1) is 10.1. The smallest absolute Gasteiger partial charge is 0.165 e. The lowest BCUT2D eigenvalue weighted by Crippen LogP contribution is -2.30. The average Bonchev–Trinajstić information content (AvgIpc) is 2.49. The first-order valence-electron chi connectivity index (χ1n) is 6.89. The van der Waals surface area contributed by atoms with E-state index in [-0.39, 0.29) is 17.6 Å². The molecule has 4 heteroatoms. The van der Waals surface area contributed by atoms with E-state index in [0.29, 0.717) is 6.54 Å². The average molecular weight is 288 g/mol. The van der Waals surface area contributed by atoms with Gasteiger partial charge in [-0.05, 0) is 36.8 Å². The monoisotopic (exact) mass is 288 g/mol. The Hall–Kier alpha value is -2.07. The van der Waals surface area contributed by atoms with Gasteiger partial charge in [-0.3, -0.25) is 0 Å². The summed E-state index contributed by atoms with van der Waals surface area (Å²) in [6.07, 6.45) is 0. The van der Waals surface area contributed by atoms with Crippen LogP contribution in [-0.4, -0.2) is 20.7 Å². The molecule has 1 atom stereocenters. The van der Waals surface area contributed by atoms with E-state index in [1.807, 2.05) is 44.3 Å². The van der Waals surface area contributed by atoms with Gasteiger partial charge in [-0.25, -0.2) is 4.39 Å². The van der Waals surface area contributed by atoms with Crippen LogP contribution in [0.3, 0.4) is 0 Å². The Morgan fingerprint density at radius 2 is 1.86 bits per heavy atom. The maximum absolute atomic E-state index is 13.9. The molecule has 112 valence electrons. The van der Waals surface area contributed by atoms with Gasteiger partial charge < -0.3 is 15.4 Å². The summed E-state index contributed by atoms with van der Waals surface area (Å²) in [4.78, 5) is 2.06. The molecule has 0 aliphatic heterocycles. The minimum absolute atomic E-state index is 0.0897. The van der Waals surface area contributed by atoms with Gasteiger partial charge in [0, 0.05) is 19.3 Å². The SMILES string of the molecule is COc1ccc(C(CN)N(C)c2ccc(C)cc2)cc1F. The molecular formula is C17H21FN2O. The topological polar surface area (TPSA) is 38.5 Å². The maximum atomic E-state index is 13.9. The number of rotatable bonds is 5. The Kier molecular flexibility index (Phi) is 4.81. The third kappa shape index (κ3) is 3.34. The van der Waals surface area contributed by atoms with Crippen molar-refractivity contribution >= 4 is 5.69 Å². The molecule has 2 aromatic rings. The molecule has 0 radical (unpaired) electrons. The quantitative estimate of drug-likeness (QED) is 0.917. The molecule has 0 saturated carbocycles. The molecule has 0 fully saturated rings. The predicted molar refractivity (Wildman–Crippen MR) is 84.3 cm³/mol. The molecule has 0 spiro atoms. The van der Waals surface area contributed by atoms with Crippen LogP contribution in [-0.2, 0) is 0 Å². The van der Waals surface area contributed by atoms with Crippen LogP contribution in [0.1, 0.15) is 17.2 Å². The molecule has 2 N–H and O–H groups in total. The van der Waals surface area contributed by atoms with Crippen molar-refractivity contribution in [1.82, 2.24) is 0 Å². The first kappa shape index (κ1) is 15.3. The molecule has 0 saturated heterocycles. The Balaban J connectivity index is 2.30. The Bertz CT molecular complexity index is 598. The molecule has 0 aliphatic rings. The third-order valence-electron chi connectivity index (χ3n) is 3.69. The molecule has 0 aromatic heterocycles. The lowest BCUT2D eigenvalue weighted by molar-refractivity contribution is 0.386. The number of halogens is 1. The van der Waals surface area contributed by atoms with Crippen molar-refractivity contribution in [2.45, 2.75) is 13.0 Å². The molecule has 0 amide bonds. The lowest BCUT2D eigenvalue weighted by atomic mass is 10.0. The summed E-state index contributed by atoms with van der Waals surface area (Å²) in [6, 6.07) is 13.1. The van der Waals surface area contributed by atoms with Crippen LogP contribution in [0.15, 0.2) is 42.5 Å². The highest BCUT2D eigenvalue weighted by molar-refractivity contribution is 5.49. The molecule has 1 unspecified atom stereocenters. The first-order valence-corrected chi connectivity index (χ1v) is 6.89. The summed E-state index contributed by atoms with van der Waals surface area (Å²) >= 11 is 0. The second-order valence-electron chi connectivity index (χ2n) is 5.09. The Morgan fingerprint density at radius 3 is 2.38 bits per heavy atom. The highest BCUT2D eigenvalue weighted by Gasteiger charge is 2.17. The minimum Gasteiger partial charge on any atom is -0.494 e. The van der Waals surface area contributed by atoms with E-state index in [4.69, 9.17) is 10.5 Å². The zero-order valence-corrected chi connectivity index (χ0v) is 12.6. The van der Waals surface area contributed by atoms with Gasteiger partial charge in [0.15, 0.2) is 11.6 Å². The summed E-state index contributed by atoms with van der Waals surface area (Å²) < 4.78 is 18.8. The highest BCUT2D eigenvalue weighted by atomic mass is 19.1. The van der Waals surface area contributed by atoms with Crippen molar-refractivity contribution in [1.29, 1.82) is 0 Å². The number of benzene rings is 2. The number of hydrogen-bond acceptors (Lipinski definition) is 3. The molecule has 0 aliphatic carbocycles. The molecule has 21 heavy (non-hydrogen) atoms. The van der Waals surface area contributed by atoms with Gasteiger partial charge in [0.1, 0.15) is 0 Å². The summed E-state index contributed by atoms with van der Waals surface area (Å²) in [7, 11) is 3.42. The zero-order valence-electron chi connectivity index (χ0n) is 12.6. The molecule has 0 bridgehead atoms. The van der Waals surface area contributed by atoms with Crippen LogP contribution in [0.2, 0.25) is 0 Å². The van der Waals surface area contributed by atoms with E-state index in [1.54, 1.807) is 6.07 Å². The fraction of sp³-hybridized carbons (Fsp3) is 0.294. The van der Waals surface area contributed by atoms with Gasteiger partial charge >= 0.3 is 0 Å². The van der Waals surface area contributed by atoms with Crippen LogP contribution in [0.25, 0.3) is 0 Å². The van der Waals surface area contributed by atoms with Gasteiger partial charge in [0.2, 0.25) is 0 Å². The Morgan fingerprint density at radius 1 is 1.19 bits per heavy atom. The third-order valence-corrected chi connectivity index (χ3v) is 3.69. The van der Waals surface area contributed by atoms with Crippen molar-refractivity contribution in [3.63, 3.8) is 0 Å². The van der Waals surface area contributed by atoms with Crippen molar-refractivity contribution in [3.8, 4) is 5.75 Å². The maximum Gasteiger partial charge on any atom is 0.165 e. The number of anilines is 1. The van der Waals surface area contributed by atoms with E-state index in [1.165, 1.54) is 18.7 Å². The number of nitrogens with zero attached hydrogens (tertiary/aromatic N) is 1. The fourth-order valence-electron chi connectivity index (χ4n) is 2.37. The van der Waals surface area contributed by atoms with Crippen molar-refractivity contribution in [2.75, 3.05) is 25.6 Å². The van der Waals surface area contributed by atoms with E-state index in [2.05, 4.69) is 4.90 Å². The largest absolute Gasteiger partial charge is 0.494 e. The molecule has 2 rings (SSSR count). The van der Waals surface area contributed by atoms with Gasteiger partial charge in [-0.1, -0.05) is 23.8 Å². The normalized spacial score (nSPS) is 12.0. The zero-order chi connectivity index (χ0) is 15.4. The fourth-order valence-corrected chi connectivity index (χ4v) is 2.37. The number of methoxy groups -OCH3 is 1. The summed E-state index contributed by atoms with van der Waals surface area (Å²) in [5.41, 5.74) is 8.98. The van der Waals surface area contributed by atoms with E-state index >= 15 is 0 Å². The van der Waals surface area contributed by atoms with Crippen LogP contribution in [0, 0.1) is 12.7 Å². The molecule has 2 aromatic carbocycles. The van der Waals surface area contributed by atoms with Gasteiger partial charge in [-0.2, -0.15) is 0 Å². The second-order valence-corrected chi connectivity index (χ2v) is 5.09. The van der Waals surface area contributed by atoms with Crippen LogP contribution in [0.5, 0.6) is 5.75 Å². The number of hydrogen-bond donors (Lipinski definition) is 1. The molecule has 0 heterocycles. The highest BCUT2D eigenvalue weighted by Crippen LogP contribution is 2.28. The van der Waals surface area contributed by atoms with Crippen LogP contribution >= 0.6 is 0 Å². The number of likely N-dealkylation sites (N-methyl/N-ethyl adjacent to an activating group) is 1. The van der Waals surface area contributed by atoms with Gasteiger partial charge in [0.25, 0.3) is 0 Å². The second kappa shape index (κ2) is 6.59. The standard InChI is InChI=1S/C17H21FN2O/c1-12-4-7-14(8-5-12)20(2)16(11-19)13-6-9-17(21-3)15(18)10-13/h4-10,16H,11,19H2,1-3H3. The summed E-state index contributed by atoms with van der Waals surface area (Å²) in [5.74, 6) is -0.127. The van der Waals surface area contributed by atoms with Crippen LogP contribution < -0.4 is 15.4 Å². The van der Waals surface area contributed by atoms with Crippen LogP contribution in [0.4, 0.5) is 10.1 Å². The number of aryl methyl sites for hydroxylation is 1. The van der Waals surface area contributed by atoms with Crippen molar-refractivity contribution in [3.05, 3.63) is 59.4 Å². The number of nitrogens with two attached hydrogens (primary N) is 1. The van der Waals surface area contributed by atoms with Gasteiger partial charge in [-0.15, -0.1) is 0 Å². The molecule has 3 nitrogen and oxygen atoms in total. The predicted octanol–water partition coefficient (Wildman–Crippen LogP) is 3.28. The molecular weight excluding hydrogens is 267 g/mol. The lowest BCUT2D eigenvalue weighted by Gasteiger charge is -2.29. The summed E-state index contributed by atoms with van der Waals surface area (Å²) in [6.45, 7) is 2.44. The van der Waals surface area contributed by atoms with Crippen molar-refractivity contribution < 1.29 is 9.13 Å². The van der Waals surface area contributed by atoms with E-state index in [9.17, 15) is 4.39 Å². The number of ether oxygens (including phenoxy) is 1. The van der Waals surface area contributed by atoms with E-state index in [0.717, 1.165) is 11.3 Å². The summed E-state index contributed by atoms with van der Waals surface area (Å²) in [5, 5.41) is 0. The van der Waals surface area contributed by atoms with Gasteiger partial charge in [0.05, 0.1) is 13.2 Å². The minimum atomic E-state index is -0.370. The Labute approximate surface area is 125 Å². The van der Waals surface area contributed by atoms with Crippen molar-refractivity contribution in [2.24, 2.45) is 5.73 Å². The van der Waals surface area contributed by atoms with E-state index < -0.39 is 0 Å².